The van der Waals surface area contributed by atoms with Crippen molar-refractivity contribution in [3.05, 3.63) is 59.7 Å². The average molecular weight is 424 g/mol. The van der Waals surface area contributed by atoms with E-state index >= 15 is 0 Å². The molecule has 1 unspecified atom stereocenters. The van der Waals surface area contributed by atoms with Gasteiger partial charge in [0.25, 0.3) is 0 Å². The zero-order chi connectivity index (χ0) is 21.5. The Morgan fingerprint density at radius 1 is 1.27 bits per heavy atom. The van der Waals surface area contributed by atoms with Crippen molar-refractivity contribution in [1.29, 1.82) is 5.26 Å². The number of aromatic nitrogens is 2. The van der Waals surface area contributed by atoms with Crippen molar-refractivity contribution in [3.8, 4) is 6.07 Å². The molecule has 2 atom stereocenters. The van der Waals surface area contributed by atoms with E-state index in [1.807, 2.05) is 6.07 Å². The zero-order valence-corrected chi connectivity index (χ0v) is 16.7. The second kappa shape index (κ2) is 7.35. The largest absolute Gasteiger partial charge is 0.386 e. The SMILES string of the molecule is C[C@@H]1C(N)=NC(c2cc(Nc3nccc4cc(C#N)cnc34)ccc2F)CS1(=O)=O. The van der Waals surface area contributed by atoms with Crippen LogP contribution >= 0.6 is 0 Å². The van der Waals surface area contributed by atoms with Gasteiger partial charge in [-0.3, -0.25) is 9.98 Å². The fourth-order valence-corrected chi connectivity index (χ4v) is 4.67. The third-order valence-electron chi connectivity index (χ3n) is 5.00. The molecule has 0 saturated heterocycles. The molecule has 4 rings (SSSR count). The van der Waals surface area contributed by atoms with Crippen molar-refractivity contribution < 1.29 is 12.8 Å². The Hall–Kier alpha value is -3.58. The molecule has 152 valence electrons. The van der Waals surface area contributed by atoms with E-state index in [9.17, 15) is 12.8 Å². The van der Waals surface area contributed by atoms with Gasteiger partial charge in [-0.15, -0.1) is 0 Å². The fourth-order valence-electron chi connectivity index (χ4n) is 3.26. The summed E-state index contributed by atoms with van der Waals surface area (Å²) in [7, 11) is -3.52. The van der Waals surface area contributed by atoms with Crippen LogP contribution in [0.5, 0.6) is 0 Å². The van der Waals surface area contributed by atoms with Crippen molar-refractivity contribution in [1.82, 2.24) is 9.97 Å². The number of pyridine rings is 2. The van der Waals surface area contributed by atoms with Crippen molar-refractivity contribution >= 4 is 38.1 Å². The number of anilines is 2. The molecule has 10 heteroatoms. The molecule has 3 N–H and O–H groups in total. The third kappa shape index (κ3) is 3.55. The molecule has 1 aliphatic heterocycles. The minimum absolute atomic E-state index is 0.0303. The summed E-state index contributed by atoms with van der Waals surface area (Å²) in [5.41, 5.74) is 7.35. The summed E-state index contributed by atoms with van der Waals surface area (Å²) < 4.78 is 39.2. The highest BCUT2D eigenvalue weighted by Gasteiger charge is 2.34. The van der Waals surface area contributed by atoms with Gasteiger partial charge in [-0.05, 0) is 37.3 Å². The second-order valence-corrected chi connectivity index (χ2v) is 9.34. The molecule has 1 aromatic carbocycles. The highest BCUT2D eigenvalue weighted by Crippen LogP contribution is 2.31. The summed E-state index contributed by atoms with van der Waals surface area (Å²) in [5, 5.41) is 11.9. The Morgan fingerprint density at radius 2 is 2.07 bits per heavy atom. The Kier molecular flexibility index (Phi) is 4.83. The molecule has 3 heterocycles. The number of nitrogens with zero attached hydrogens (tertiary/aromatic N) is 4. The molecule has 2 aromatic heterocycles. The van der Waals surface area contributed by atoms with Crippen LogP contribution in [0.4, 0.5) is 15.9 Å². The maximum atomic E-state index is 14.5. The molecule has 3 aromatic rings. The van der Waals surface area contributed by atoms with Gasteiger partial charge in [0.15, 0.2) is 15.7 Å². The van der Waals surface area contributed by atoms with Gasteiger partial charge >= 0.3 is 0 Å². The van der Waals surface area contributed by atoms with E-state index in [-0.39, 0.29) is 17.2 Å². The molecule has 0 spiro atoms. The first-order valence-corrected chi connectivity index (χ1v) is 10.8. The van der Waals surface area contributed by atoms with Crippen LogP contribution in [0.15, 0.2) is 47.7 Å². The first kappa shape index (κ1) is 19.7. The number of fused-ring (bicyclic) bond motifs is 1. The third-order valence-corrected chi connectivity index (χ3v) is 7.10. The van der Waals surface area contributed by atoms with Crippen molar-refractivity contribution in [3.63, 3.8) is 0 Å². The number of halogens is 1. The lowest BCUT2D eigenvalue weighted by molar-refractivity contribution is 0.567. The minimum atomic E-state index is -3.52. The minimum Gasteiger partial charge on any atom is -0.386 e. The molecule has 30 heavy (non-hydrogen) atoms. The second-order valence-electron chi connectivity index (χ2n) is 6.97. The number of nitrogens with one attached hydrogen (secondary N) is 1. The lowest BCUT2D eigenvalue weighted by atomic mass is 10.1. The summed E-state index contributed by atoms with van der Waals surface area (Å²) in [6, 6.07) is 8.77. The highest BCUT2D eigenvalue weighted by molar-refractivity contribution is 7.92. The predicted molar refractivity (Wildman–Crippen MR) is 112 cm³/mol. The number of nitrogens with two attached hydrogens (primary N) is 1. The maximum absolute atomic E-state index is 14.5. The van der Waals surface area contributed by atoms with Gasteiger partial charge in [0.1, 0.15) is 28.5 Å². The van der Waals surface area contributed by atoms with Gasteiger partial charge in [-0.25, -0.2) is 17.8 Å². The molecule has 0 amide bonds. The van der Waals surface area contributed by atoms with Crippen molar-refractivity contribution in [2.75, 3.05) is 11.1 Å². The van der Waals surface area contributed by atoms with Crippen LogP contribution in [0.25, 0.3) is 10.9 Å². The number of amidine groups is 1. The smallest absolute Gasteiger partial charge is 0.162 e. The van der Waals surface area contributed by atoms with Gasteiger partial charge in [-0.1, -0.05) is 0 Å². The van der Waals surface area contributed by atoms with Crippen molar-refractivity contribution in [2.24, 2.45) is 10.7 Å². The first-order valence-electron chi connectivity index (χ1n) is 9.04. The molecule has 0 radical (unpaired) electrons. The van der Waals surface area contributed by atoms with Crippen LogP contribution in [-0.4, -0.2) is 35.2 Å². The van der Waals surface area contributed by atoms with E-state index in [1.165, 1.54) is 31.3 Å². The van der Waals surface area contributed by atoms with Crippen LogP contribution in [0, 0.1) is 17.1 Å². The highest BCUT2D eigenvalue weighted by atomic mass is 32.2. The standard InChI is InChI=1S/C20H17FN6O2S/c1-11-19(23)27-17(10-30(11,28)29)15-7-14(2-3-16(15)21)26-20-18-13(4-5-24-20)6-12(8-22)9-25-18/h2-7,9,11,17H,10H2,1H3,(H2,23,27)(H,24,26)/t11-,17?/m1/s1. The molecule has 1 aliphatic rings. The van der Waals surface area contributed by atoms with E-state index < -0.39 is 26.9 Å². The summed E-state index contributed by atoms with van der Waals surface area (Å²) in [5.74, 6) is -0.505. The van der Waals surface area contributed by atoms with Crippen LogP contribution in [0.3, 0.4) is 0 Å². The molecular formula is C20H17FN6O2S. The van der Waals surface area contributed by atoms with Crippen LogP contribution in [0.2, 0.25) is 0 Å². The van der Waals surface area contributed by atoms with Gasteiger partial charge in [-0.2, -0.15) is 5.26 Å². The van der Waals surface area contributed by atoms with E-state index in [0.717, 1.165) is 5.39 Å². The summed E-state index contributed by atoms with van der Waals surface area (Å²) in [4.78, 5) is 12.7. The number of hydrogen-bond acceptors (Lipinski definition) is 8. The Balaban J connectivity index is 1.72. The predicted octanol–water partition coefficient (Wildman–Crippen LogP) is 2.60. The molecule has 0 bridgehead atoms. The van der Waals surface area contributed by atoms with Gasteiger partial charge in [0.2, 0.25) is 0 Å². The number of benzene rings is 1. The number of nitriles is 1. The van der Waals surface area contributed by atoms with Crippen LogP contribution in [-0.2, 0) is 9.84 Å². The van der Waals surface area contributed by atoms with E-state index in [2.05, 4.69) is 20.3 Å². The summed E-state index contributed by atoms with van der Waals surface area (Å²) in [6.07, 6.45) is 3.01. The molecule has 0 fully saturated rings. The molecule has 0 aliphatic carbocycles. The normalized spacial score (nSPS) is 20.4. The van der Waals surface area contributed by atoms with Gasteiger partial charge in [0, 0.05) is 29.0 Å². The Morgan fingerprint density at radius 3 is 2.80 bits per heavy atom. The number of hydrogen-bond donors (Lipinski definition) is 2. The lowest BCUT2D eigenvalue weighted by Gasteiger charge is -2.24. The first-order chi connectivity index (χ1) is 14.3. The summed E-state index contributed by atoms with van der Waals surface area (Å²) >= 11 is 0. The number of aliphatic imine (C=N–C) groups is 1. The molecule has 8 nitrogen and oxygen atoms in total. The van der Waals surface area contributed by atoms with E-state index in [1.54, 1.807) is 18.3 Å². The van der Waals surface area contributed by atoms with E-state index in [4.69, 9.17) is 11.0 Å². The Bertz CT molecular complexity index is 1330. The van der Waals surface area contributed by atoms with E-state index in [0.29, 0.717) is 22.6 Å². The molecule has 0 saturated carbocycles. The maximum Gasteiger partial charge on any atom is 0.162 e. The lowest BCUT2D eigenvalue weighted by Crippen LogP contribution is -2.40. The van der Waals surface area contributed by atoms with Crippen LogP contribution in [0.1, 0.15) is 24.1 Å². The zero-order valence-electron chi connectivity index (χ0n) is 15.9. The summed E-state index contributed by atoms with van der Waals surface area (Å²) in [6.45, 7) is 1.47. The fraction of sp³-hybridized carbons (Fsp3) is 0.200. The monoisotopic (exact) mass is 424 g/mol. The molecular weight excluding hydrogens is 407 g/mol. The number of rotatable bonds is 3. The average Bonchev–Trinajstić information content (AvgIpc) is 2.72. The quantitative estimate of drug-likeness (QED) is 0.660. The van der Waals surface area contributed by atoms with Gasteiger partial charge < -0.3 is 11.1 Å². The van der Waals surface area contributed by atoms with Crippen LogP contribution < -0.4 is 11.1 Å². The topological polar surface area (TPSA) is 134 Å². The van der Waals surface area contributed by atoms with Crippen molar-refractivity contribution in [2.45, 2.75) is 18.2 Å². The Labute approximate surface area is 172 Å². The number of sulfone groups is 1. The van der Waals surface area contributed by atoms with Gasteiger partial charge in [0.05, 0.1) is 17.4 Å².